The van der Waals surface area contributed by atoms with E-state index in [2.05, 4.69) is 31.2 Å². The third kappa shape index (κ3) is 3.51. The van der Waals surface area contributed by atoms with Crippen LogP contribution in [0.1, 0.15) is 25.3 Å². The smallest absolute Gasteiger partial charge is 0.409 e. The quantitative estimate of drug-likeness (QED) is 0.794. The molecule has 0 aromatic heterocycles. The molecule has 4 nitrogen and oxygen atoms in total. The highest BCUT2D eigenvalue weighted by Crippen LogP contribution is 2.33. The van der Waals surface area contributed by atoms with Crippen molar-refractivity contribution in [3.63, 3.8) is 0 Å². The minimum atomic E-state index is -0.232. The SMILES string of the molecule is COCCOC(=O)N1CCCC(C)(c2ccccc2)C1. The molecule has 20 heavy (non-hydrogen) atoms. The Balaban J connectivity index is 1.99. The van der Waals surface area contributed by atoms with E-state index in [4.69, 9.17) is 9.47 Å². The zero-order chi connectivity index (χ0) is 14.4. The molecule has 1 aliphatic rings. The molecule has 1 fully saturated rings. The Morgan fingerprint density at radius 2 is 2.05 bits per heavy atom. The van der Waals surface area contributed by atoms with E-state index in [1.165, 1.54) is 5.56 Å². The van der Waals surface area contributed by atoms with E-state index in [-0.39, 0.29) is 11.5 Å². The van der Waals surface area contributed by atoms with E-state index in [1.807, 2.05) is 11.0 Å². The molecule has 0 bridgehead atoms. The number of nitrogens with zero attached hydrogens (tertiary/aromatic N) is 1. The number of benzene rings is 1. The average Bonchev–Trinajstić information content (AvgIpc) is 2.48. The number of carbonyl (C=O) groups excluding carboxylic acids is 1. The predicted molar refractivity (Wildman–Crippen MR) is 77.8 cm³/mol. The van der Waals surface area contributed by atoms with Gasteiger partial charge in [-0.3, -0.25) is 0 Å². The first kappa shape index (κ1) is 14.9. The number of carbonyl (C=O) groups is 1. The van der Waals surface area contributed by atoms with Crippen LogP contribution < -0.4 is 0 Å². The third-order valence-corrected chi connectivity index (χ3v) is 3.94. The number of hydrogen-bond donors (Lipinski definition) is 0. The highest BCUT2D eigenvalue weighted by atomic mass is 16.6. The fraction of sp³-hybridized carbons (Fsp3) is 0.562. The first-order valence-electron chi connectivity index (χ1n) is 7.12. The zero-order valence-electron chi connectivity index (χ0n) is 12.3. The number of likely N-dealkylation sites (tertiary alicyclic amines) is 1. The van der Waals surface area contributed by atoms with Crippen molar-refractivity contribution in [2.75, 3.05) is 33.4 Å². The van der Waals surface area contributed by atoms with Gasteiger partial charge in [0.2, 0.25) is 0 Å². The van der Waals surface area contributed by atoms with E-state index >= 15 is 0 Å². The Labute approximate surface area is 120 Å². The number of hydrogen-bond acceptors (Lipinski definition) is 3. The van der Waals surface area contributed by atoms with Gasteiger partial charge in [0.05, 0.1) is 6.61 Å². The van der Waals surface area contributed by atoms with Crippen molar-refractivity contribution in [3.8, 4) is 0 Å². The molecule has 2 rings (SSSR count). The topological polar surface area (TPSA) is 38.8 Å². The highest BCUT2D eigenvalue weighted by Gasteiger charge is 2.34. The molecular formula is C16H23NO3. The molecule has 1 saturated heterocycles. The Bertz CT molecular complexity index is 435. The molecule has 0 spiro atoms. The zero-order valence-corrected chi connectivity index (χ0v) is 12.3. The van der Waals surface area contributed by atoms with Gasteiger partial charge in [-0.1, -0.05) is 37.3 Å². The number of rotatable bonds is 4. The van der Waals surface area contributed by atoms with Gasteiger partial charge in [-0.05, 0) is 18.4 Å². The summed E-state index contributed by atoms with van der Waals surface area (Å²) in [6, 6.07) is 10.4. The minimum Gasteiger partial charge on any atom is -0.447 e. The van der Waals surface area contributed by atoms with E-state index in [0.29, 0.717) is 19.8 Å². The van der Waals surface area contributed by atoms with Crippen molar-refractivity contribution in [1.82, 2.24) is 4.90 Å². The van der Waals surface area contributed by atoms with Crippen molar-refractivity contribution in [2.45, 2.75) is 25.2 Å². The summed E-state index contributed by atoms with van der Waals surface area (Å²) in [6.07, 6.45) is 1.87. The molecule has 1 atom stereocenters. The van der Waals surface area contributed by atoms with Gasteiger partial charge in [0.15, 0.2) is 0 Å². The lowest BCUT2D eigenvalue weighted by atomic mass is 9.76. The van der Waals surface area contributed by atoms with Crippen LogP contribution >= 0.6 is 0 Å². The molecule has 1 unspecified atom stereocenters. The van der Waals surface area contributed by atoms with Crippen molar-refractivity contribution < 1.29 is 14.3 Å². The fourth-order valence-corrected chi connectivity index (χ4v) is 2.78. The molecule has 1 heterocycles. The Morgan fingerprint density at radius 1 is 1.30 bits per heavy atom. The molecule has 0 N–H and O–H groups in total. The second-order valence-corrected chi connectivity index (χ2v) is 5.56. The molecular weight excluding hydrogens is 254 g/mol. The molecule has 0 radical (unpaired) electrons. The maximum atomic E-state index is 12.0. The molecule has 0 aliphatic carbocycles. The van der Waals surface area contributed by atoms with Crippen LogP contribution in [0.25, 0.3) is 0 Å². The van der Waals surface area contributed by atoms with Crippen molar-refractivity contribution in [3.05, 3.63) is 35.9 Å². The lowest BCUT2D eigenvalue weighted by Crippen LogP contribution is -2.47. The molecule has 110 valence electrons. The lowest BCUT2D eigenvalue weighted by molar-refractivity contribution is 0.0577. The lowest BCUT2D eigenvalue weighted by Gasteiger charge is -2.40. The van der Waals surface area contributed by atoms with Gasteiger partial charge in [-0.2, -0.15) is 0 Å². The molecule has 1 aliphatic heterocycles. The van der Waals surface area contributed by atoms with Crippen LogP contribution in [0, 0.1) is 0 Å². The van der Waals surface area contributed by atoms with Crippen LogP contribution in [-0.2, 0) is 14.9 Å². The number of amides is 1. The molecule has 1 aromatic carbocycles. The van der Waals surface area contributed by atoms with Crippen LogP contribution in [0.4, 0.5) is 4.79 Å². The Kier molecular flexibility index (Phi) is 5.01. The maximum absolute atomic E-state index is 12.0. The average molecular weight is 277 g/mol. The second-order valence-electron chi connectivity index (χ2n) is 5.56. The van der Waals surface area contributed by atoms with Crippen molar-refractivity contribution in [2.24, 2.45) is 0 Å². The summed E-state index contributed by atoms with van der Waals surface area (Å²) in [5.41, 5.74) is 1.30. The maximum Gasteiger partial charge on any atom is 0.409 e. The van der Waals surface area contributed by atoms with Gasteiger partial charge in [0, 0.05) is 25.6 Å². The van der Waals surface area contributed by atoms with Crippen LogP contribution in [-0.4, -0.2) is 44.4 Å². The van der Waals surface area contributed by atoms with Crippen LogP contribution in [0.2, 0.25) is 0 Å². The Hall–Kier alpha value is -1.55. The normalized spacial score (nSPS) is 22.6. The molecule has 0 saturated carbocycles. The van der Waals surface area contributed by atoms with Gasteiger partial charge in [0.25, 0.3) is 0 Å². The third-order valence-electron chi connectivity index (χ3n) is 3.94. The number of methoxy groups -OCH3 is 1. The first-order chi connectivity index (χ1) is 9.65. The highest BCUT2D eigenvalue weighted by molar-refractivity contribution is 5.68. The fourth-order valence-electron chi connectivity index (χ4n) is 2.78. The van der Waals surface area contributed by atoms with E-state index in [1.54, 1.807) is 7.11 Å². The second kappa shape index (κ2) is 6.75. The molecule has 1 aromatic rings. The van der Waals surface area contributed by atoms with Gasteiger partial charge in [0.1, 0.15) is 6.61 Å². The van der Waals surface area contributed by atoms with Crippen LogP contribution in [0.15, 0.2) is 30.3 Å². The van der Waals surface area contributed by atoms with E-state index in [0.717, 1.165) is 19.4 Å². The van der Waals surface area contributed by atoms with E-state index in [9.17, 15) is 4.79 Å². The number of piperidine rings is 1. The molecule has 4 heteroatoms. The largest absolute Gasteiger partial charge is 0.447 e. The Morgan fingerprint density at radius 3 is 2.75 bits per heavy atom. The summed E-state index contributed by atoms with van der Waals surface area (Å²) >= 11 is 0. The van der Waals surface area contributed by atoms with Gasteiger partial charge >= 0.3 is 6.09 Å². The van der Waals surface area contributed by atoms with E-state index < -0.39 is 0 Å². The van der Waals surface area contributed by atoms with Gasteiger partial charge in [-0.25, -0.2) is 4.79 Å². The summed E-state index contributed by atoms with van der Waals surface area (Å²) in [5.74, 6) is 0. The molecule has 1 amide bonds. The monoisotopic (exact) mass is 277 g/mol. The summed E-state index contributed by atoms with van der Waals surface area (Å²) < 4.78 is 10.1. The van der Waals surface area contributed by atoms with Crippen molar-refractivity contribution >= 4 is 6.09 Å². The standard InChI is InChI=1S/C16H23NO3/c1-16(14-7-4-3-5-8-14)9-6-10-17(13-16)15(18)20-12-11-19-2/h3-5,7-8H,6,9-13H2,1-2H3. The predicted octanol–water partition coefficient (Wildman–Crippen LogP) is 2.82. The van der Waals surface area contributed by atoms with Gasteiger partial charge < -0.3 is 14.4 Å². The first-order valence-corrected chi connectivity index (χ1v) is 7.12. The number of ether oxygens (including phenoxy) is 2. The summed E-state index contributed by atoms with van der Waals surface area (Å²) in [6.45, 7) is 4.46. The van der Waals surface area contributed by atoms with Gasteiger partial charge in [-0.15, -0.1) is 0 Å². The van der Waals surface area contributed by atoms with Crippen LogP contribution in [0.5, 0.6) is 0 Å². The summed E-state index contributed by atoms with van der Waals surface area (Å²) in [4.78, 5) is 13.9. The van der Waals surface area contributed by atoms with Crippen LogP contribution in [0.3, 0.4) is 0 Å². The van der Waals surface area contributed by atoms with Crippen molar-refractivity contribution in [1.29, 1.82) is 0 Å². The minimum absolute atomic E-state index is 0.0137. The summed E-state index contributed by atoms with van der Waals surface area (Å²) in [7, 11) is 1.60. The summed E-state index contributed by atoms with van der Waals surface area (Å²) in [5, 5.41) is 0.